The summed E-state index contributed by atoms with van der Waals surface area (Å²) in [4.78, 5) is 23.7. The minimum absolute atomic E-state index is 0.127. The number of hydrogen-bond donors (Lipinski definition) is 2. The summed E-state index contributed by atoms with van der Waals surface area (Å²) in [5, 5.41) is 10.9. The van der Waals surface area contributed by atoms with Crippen LogP contribution >= 0.6 is 0 Å². The predicted octanol–water partition coefficient (Wildman–Crippen LogP) is -0.616. The zero-order valence-electron chi connectivity index (χ0n) is 11.0. The minimum Gasteiger partial charge on any atom is -0.364 e. The molecule has 0 radical (unpaired) electrons. The molecule has 0 atom stereocenters. The molecule has 106 valence electrons. The normalized spacial score (nSPS) is 10.5. The molecule has 3 heterocycles. The third-order valence-electron chi connectivity index (χ3n) is 2.59. The summed E-state index contributed by atoms with van der Waals surface area (Å²) >= 11 is 0. The third-order valence-corrected chi connectivity index (χ3v) is 2.59. The van der Waals surface area contributed by atoms with Crippen molar-refractivity contribution in [2.45, 2.75) is 0 Å². The number of hydrogen-bond acceptors (Lipinski definition) is 7. The Morgan fingerprint density at radius 3 is 2.52 bits per heavy atom. The van der Waals surface area contributed by atoms with Crippen LogP contribution in [-0.2, 0) is 0 Å². The van der Waals surface area contributed by atoms with Crippen LogP contribution in [0.5, 0.6) is 0 Å². The molecule has 1 amide bonds. The molecule has 3 aromatic heterocycles. The summed E-state index contributed by atoms with van der Waals surface area (Å²) in [7, 11) is 1.68. The lowest BCUT2D eigenvalue weighted by molar-refractivity contribution is 0.0995. The SMILES string of the molecule is CNc1nc(-n2cccn2)nc(-n2ccc(C(N)=O)n2)n1. The van der Waals surface area contributed by atoms with Gasteiger partial charge < -0.3 is 11.1 Å². The number of amides is 1. The highest BCUT2D eigenvalue weighted by molar-refractivity contribution is 5.90. The van der Waals surface area contributed by atoms with Gasteiger partial charge in [0.1, 0.15) is 5.69 Å². The summed E-state index contributed by atoms with van der Waals surface area (Å²) in [5.41, 5.74) is 5.30. The molecule has 0 aromatic carbocycles. The van der Waals surface area contributed by atoms with Gasteiger partial charge in [0, 0.05) is 25.6 Å². The van der Waals surface area contributed by atoms with Gasteiger partial charge in [-0.15, -0.1) is 0 Å². The molecule has 10 heteroatoms. The Kier molecular flexibility index (Phi) is 3.03. The number of anilines is 1. The molecule has 0 bridgehead atoms. The Labute approximate surface area is 118 Å². The zero-order chi connectivity index (χ0) is 14.8. The van der Waals surface area contributed by atoms with E-state index in [9.17, 15) is 4.79 Å². The van der Waals surface area contributed by atoms with Crippen molar-refractivity contribution >= 4 is 11.9 Å². The number of primary amides is 1. The van der Waals surface area contributed by atoms with E-state index in [-0.39, 0.29) is 11.6 Å². The first kappa shape index (κ1) is 12.7. The molecule has 0 aliphatic carbocycles. The maximum absolute atomic E-state index is 11.1. The quantitative estimate of drug-likeness (QED) is 0.653. The van der Waals surface area contributed by atoms with Gasteiger partial charge in [-0.25, -0.2) is 9.36 Å². The van der Waals surface area contributed by atoms with Crippen LogP contribution < -0.4 is 11.1 Å². The van der Waals surface area contributed by atoms with Gasteiger partial charge in [-0.3, -0.25) is 4.79 Å². The number of rotatable bonds is 4. The summed E-state index contributed by atoms with van der Waals surface area (Å²) in [6.07, 6.45) is 4.86. The molecule has 21 heavy (non-hydrogen) atoms. The standard InChI is InChI=1S/C11H11N9O/c1-13-9-15-10(19-5-2-4-14-19)17-11(16-9)20-6-3-7(18-20)8(12)21/h2-6H,1H3,(H2,12,21)(H,13,15,16,17). The first-order chi connectivity index (χ1) is 10.2. The van der Waals surface area contributed by atoms with Crippen molar-refractivity contribution in [3.05, 3.63) is 36.4 Å². The number of nitrogens with zero attached hydrogens (tertiary/aromatic N) is 7. The van der Waals surface area contributed by atoms with E-state index < -0.39 is 5.91 Å². The number of nitrogens with two attached hydrogens (primary N) is 1. The highest BCUT2D eigenvalue weighted by atomic mass is 16.1. The van der Waals surface area contributed by atoms with Crippen LogP contribution in [-0.4, -0.2) is 47.5 Å². The lowest BCUT2D eigenvalue weighted by Crippen LogP contribution is -2.14. The van der Waals surface area contributed by atoms with Crippen molar-refractivity contribution in [3.8, 4) is 11.9 Å². The summed E-state index contributed by atoms with van der Waals surface area (Å²) in [6.45, 7) is 0. The smallest absolute Gasteiger partial charge is 0.269 e. The van der Waals surface area contributed by atoms with Crippen LogP contribution in [0.2, 0.25) is 0 Å². The van der Waals surface area contributed by atoms with Crippen LogP contribution in [0.15, 0.2) is 30.7 Å². The lowest BCUT2D eigenvalue weighted by atomic mass is 10.4. The monoisotopic (exact) mass is 285 g/mol. The second kappa shape index (κ2) is 5.00. The van der Waals surface area contributed by atoms with Crippen molar-refractivity contribution < 1.29 is 4.79 Å². The lowest BCUT2D eigenvalue weighted by Gasteiger charge is -2.06. The van der Waals surface area contributed by atoms with Gasteiger partial charge >= 0.3 is 0 Å². The average molecular weight is 285 g/mol. The topological polar surface area (TPSA) is 129 Å². The van der Waals surface area contributed by atoms with Gasteiger partial charge in [0.2, 0.25) is 5.95 Å². The Balaban J connectivity index is 2.09. The molecule has 0 saturated carbocycles. The molecule has 10 nitrogen and oxygen atoms in total. The molecule has 0 spiro atoms. The summed E-state index contributed by atoms with van der Waals surface area (Å²) < 4.78 is 2.83. The molecule has 3 aromatic rings. The average Bonchev–Trinajstić information content (AvgIpc) is 3.18. The van der Waals surface area contributed by atoms with E-state index in [1.54, 1.807) is 31.7 Å². The molecular weight excluding hydrogens is 274 g/mol. The van der Waals surface area contributed by atoms with E-state index in [1.165, 1.54) is 15.4 Å². The highest BCUT2D eigenvalue weighted by Gasteiger charge is 2.12. The van der Waals surface area contributed by atoms with E-state index in [0.29, 0.717) is 11.9 Å². The molecule has 3 N–H and O–H groups in total. The first-order valence-corrected chi connectivity index (χ1v) is 5.97. The fraction of sp³-hybridized carbons (Fsp3) is 0.0909. The van der Waals surface area contributed by atoms with E-state index in [0.717, 1.165) is 0 Å². The fourth-order valence-electron chi connectivity index (χ4n) is 1.62. The molecule has 0 unspecified atom stereocenters. The summed E-state index contributed by atoms with van der Waals surface area (Å²) in [5.74, 6) is 0.295. The molecular formula is C11H11N9O. The van der Waals surface area contributed by atoms with Crippen LogP contribution in [0.25, 0.3) is 11.9 Å². The highest BCUT2D eigenvalue weighted by Crippen LogP contribution is 2.08. The van der Waals surface area contributed by atoms with Gasteiger partial charge in [0.15, 0.2) is 0 Å². The minimum atomic E-state index is -0.621. The van der Waals surface area contributed by atoms with Crippen molar-refractivity contribution in [1.29, 1.82) is 0 Å². The van der Waals surface area contributed by atoms with E-state index in [2.05, 4.69) is 30.5 Å². The fourth-order valence-corrected chi connectivity index (χ4v) is 1.62. The Hall–Kier alpha value is -3.30. The van der Waals surface area contributed by atoms with Crippen molar-refractivity contribution in [3.63, 3.8) is 0 Å². The Morgan fingerprint density at radius 2 is 1.95 bits per heavy atom. The summed E-state index contributed by atoms with van der Waals surface area (Å²) in [6, 6.07) is 3.24. The number of nitrogens with one attached hydrogen (secondary N) is 1. The van der Waals surface area contributed by atoms with E-state index in [4.69, 9.17) is 5.73 Å². The van der Waals surface area contributed by atoms with Gasteiger partial charge in [-0.1, -0.05) is 0 Å². The predicted molar refractivity (Wildman–Crippen MR) is 72.1 cm³/mol. The number of carbonyl (C=O) groups is 1. The molecule has 0 fully saturated rings. The van der Waals surface area contributed by atoms with Crippen LogP contribution in [0.1, 0.15) is 10.5 Å². The third kappa shape index (κ3) is 2.41. The maximum Gasteiger partial charge on any atom is 0.269 e. The van der Waals surface area contributed by atoms with E-state index in [1.807, 2.05) is 0 Å². The van der Waals surface area contributed by atoms with Gasteiger partial charge in [-0.2, -0.15) is 25.1 Å². The second-order valence-corrected chi connectivity index (χ2v) is 3.97. The first-order valence-electron chi connectivity index (χ1n) is 5.97. The molecule has 0 aliphatic heterocycles. The van der Waals surface area contributed by atoms with Crippen molar-refractivity contribution in [2.24, 2.45) is 5.73 Å². The van der Waals surface area contributed by atoms with Crippen LogP contribution in [0.3, 0.4) is 0 Å². The number of carbonyl (C=O) groups excluding carboxylic acids is 1. The molecule has 3 rings (SSSR count). The van der Waals surface area contributed by atoms with Gasteiger partial charge in [-0.05, 0) is 12.1 Å². The van der Waals surface area contributed by atoms with Gasteiger partial charge in [0.25, 0.3) is 17.8 Å². The second-order valence-electron chi connectivity index (χ2n) is 3.97. The molecule has 0 aliphatic rings. The largest absolute Gasteiger partial charge is 0.364 e. The van der Waals surface area contributed by atoms with Crippen molar-refractivity contribution in [2.75, 3.05) is 12.4 Å². The Bertz CT molecular complexity index is 777. The number of aromatic nitrogens is 7. The maximum atomic E-state index is 11.1. The molecule has 0 saturated heterocycles. The zero-order valence-corrected chi connectivity index (χ0v) is 11.0. The Morgan fingerprint density at radius 1 is 1.19 bits per heavy atom. The van der Waals surface area contributed by atoms with Gasteiger partial charge in [0.05, 0.1) is 0 Å². The van der Waals surface area contributed by atoms with Crippen LogP contribution in [0.4, 0.5) is 5.95 Å². The van der Waals surface area contributed by atoms with Crippen LogP contribution in [0, 0.1) is 0 Å². The van der Waals surface area contributed by atoms with Crippen molar-refractivity contribution in [1.82, 2.24) is 34.5 Å². The van der Waals surface area contributed by atoms with E-state index >= 15 is 0 Å².